The van der Waals surface area contributed by atoms with Crippen molar-refractivity contribution in [2.75, 3.05) is 24.7 Å². The summed E-state index contributed by atoms with van der Waals surface area (Å²) in [5, 5.41) is 0. The molecule has 1 aliphatic rings. The van der Waals surface area contributed by atoms with Gasteiger partial charge in [0.25, 0.3) is 5.91 Å². The topological polar surface area (TPSA) is 29.5 Å². The molecular formula is C14H18BrNO2. The van der Waals surface area contributed by atoms with E-state index in [-0.39, 0.29) is 17.9 Å². The van der Waals surface area contributed by atoms with Crippen LogP contribution in [0.5, 0.6) is 0 Å². The average molecular weight is 312 g/mol. The van der Waals surface area contributed by atoms with Gasteiger partial charge in [0, 0.05) is 16.7 Å². The van der Waals surface area contributed by atoms with Crippen molar-refractivity contribution in [1.82, 2.24) is 0 Å². The third kappa shape index (κ3) is 2.75. The summed E-state index contributed by atoms with van der Waals surface area (Å²) in [7, 11) is 0. The Labute approximate surface area is 116 Å². The highest BCUT2D eigenvalue weighted by Gasteiger charge is 2.26. The molecule has 0 radical (unpaired) electrons. The van der Waals surface area contributed by atoms with Gasteiger partial charge in [0.1, 0.15) is 6.61 Å². The first-order chi connectivity index (χ1) is 8.39. The monoisotopic (exact) mass is 311 g/mol. The normalized spacial score (nSPS) is 17.1. The Bertz CT molecular complexity index is 465. The lowest BCUT2D eigenvalue weighted by atomic mass is 9.85. The van der Waals surface area contributed by atoms with Crippen LogP contribution in [0.3, 0.4) is 0 Å². The third-order valence-corrected chi connectivity index (χ3v) is 3.54. The molecule has 1 fully saturated rings. The van der Waals surface area contributed by atoms with E-state index in [9.17, 15) is 4.79 Å². The van der Waals surface area contributed by atoms with Crippen molar-refractivity contribution >= 4 is 27.5 Å². The first-order valence-electron chi connectivity index (χ1n) is 6.08. The van der Waals surface area contributed by atoms with Crippen molar-refractivity contribution in [1.29, 1.82) is 0 Å². The molecule has 1 heterocycles. The number of carbonyl (C=O) groups excluding carboxylic acids is 1. The van der Waals surface area contributed by atoms with Crippen molar-refractivity contribution in [2.24, 2.45) is 0 Å². The first-order valence-corrected chi connectivity index (χ1v) is 6.87. The molecule has 4 heteroatoms. The van der Waals surface area contributed by atoms with Gasteiger partial charge in [0.05, 0.1) is 6.61 Å². The SMILES string of the molecule is CC(C)(C)c1cc(Br)ccc1N1CCOCC1=O. The molecule has 0 spiro atoms. The number of rotatable bonds is 1. The van der Waals surface area contributed by atoms with Gasteiger partial charge in [0.2, 0.25) is 0 Å². The molecule has 1 saturated heterocycles. The highest BCUT2D eigenvalue weighted by atomic mass is 79.9. The maximum atomic E-state index is 11.9. The second-order valence-electron chi connectivity index (χ2n) is 5.51. The van der Waals surface area contributed by atoms with E-state index in [0.29, 0.717) is 13.2 Å². The van der Waals surface area contributed by atoms with Gasteiger partial charge in [-0.3, -0.25) is 4.79 Å². The fourth-order valence-corrected chi connectivity index (χ4v) is 2.48. The number of nitrogens with zero attached hydrogens (tertiary/aromatic N) is 1. The number of anilines is 1. The highest BCUT2D eigenvalue weighted by Crippen LogP contribution is 2.34. The Balaban J connectivity index is 2.46. The van der Waals surface area contributed by atoms with Gasteiger partial charge in [0.15, 0.2) is 0 Å². The van der Waals surface area contributed by atoms with Crippen molar-refractivity contribution in [3.05, 3.63) is 28.2 Å². The Morgan fingerprint density at radius 1 is 1.33 bits per heavy atom. The van der Waals surface area contributed by atoms with E-state index in [1.165, 1.54) is 5.56 Å². The maximum absolute atomic E-state index is 11.9. The Hall–Kier alpha value is -0.870. The van der Waals surface area contributed by atoms with Gasteiger partial charge < -0.3 is 9.64 Å². The van der Waals surface area contributed by atoms with Gasteiger partial charge in [-0.2, -0.15) is 0 Å². The van der Waals surface area contributed by atoms with Gasteiger partial charge in [-0.15, -0.1) is 0 Å². The number of benzene rings is 1. The Kier molecular flexibility index (Phi) is 3.78. The zero-order chi connectivity index (χ0) is 13.3. The first kappa shape index (κ1) is 13.6. The van der Waals surface area contributed by atoms with Crippen LogP contribution >= 0.6 is 15.9 Å². The summed E-state index contributed by atoms with van der Waals surface area (Å²) in [6.07, 6.45) is 0. The summed E-state index contributed by atoms with van der Waals surface area (Å²) in [4.78, 5) is 13.8. The van der Waals surface area contributed by atoms with Crippen molar-refractivity contribution in [2.45, 2.75) is 26.2 Å². The van der Waals surface area contributed by atoms with Crippen LogP contribution in [0.15, 0.2) is 22.7 Å². The van der Waals surface area contributed by atoms with Crippen molar-refractivity contribution in [3.63, 3.8) is 0 Å². The largest absolute Gasteiger partial charge is 0.370 e. The zero-order valence-electron chi connectivity index (χ0n) is 11.0. The summed E-state index contributed by atoms with van der Waals surface area (Å²) in [6.45, 7) is 7.88. The number of amides is 1. The molecule has 0 aromatic heterocycles. The molecule has 98 valence electrons. The van der Waals surface area contributed by atoms with Gasteiger partial charge >= 0.3 is 0 Å². The fraction of sp³-hybridized carbons (Fsp3) is 0.500. The van der Waals surface area contributed by atoms with Crippen LogP contribution in [-0.2, 0) is 14.9 Å². The number of halogens is 1. The van der Waals surface area contributed by atoms with E-state index in [0.717, 1.165) is 10.2 Å². The number of ether oxygens (including phenoxy) is 1. The minimum absolute atomic E-state index is 0.00228. The summed E-state index contributed by atoms with van der Waals surface area (Å²) >= 11 is 3.50. The van der Waals surface area contributed by atoms with E-state index in [2.05, 4.69) is 42.8 Å². The lowest BCUT2D eigenvalue weighted by Gasteiger charge is -2.32. The van der Waals surface area contributed by atoms with Gasteiger partial charge in [-0.1, -0.05) is 36.7 Å². The van der Waals surface area contributed by atoms with Crippen LogP contribution in [0.2, 0.25) is 0 Å². The zero-order valence-corrected chi connectivity index (χ0v) is 12.6. The van der Waals surface area contributed by atoms with E-state index >= 15 is 0 Å². The van der Waals surface area contributed by atoms with Crippen LogP contribution in [0, 0.1) is 0 Å². The fourth-order valence-electron chi connectivity index (χ4n) is 2.12. The third-order valence-electron chi connectivity index (χ3n) is 3.04. The Morgan fingerprint density at radius 3 is 2.67 bits per heavy atom. The summed E-state index contributed by atoms with van der Waals surface area (Å²) in [6, 6.07) is 6.08. The molecule has 3 nitrogen and oxygen atoms in total. The van der Waals surface area contributed by atoms with E-state index < -0.39 is 0 Å². The van der Waals surface area contributed by atoms with Crippen molar-refractivity contribution in [3.8, 4) is 0 Å². The Morgan fingerprint density at radius 2 is 2.06 bits per heavy atom. The maximum Gasteiger partial charge on any atom is 0.253 e. The highest BCUT2D eigenvalue weighted by molar-refractivity contribution is 9.10. The second kappa shape index (κ2) is 5.02. The molecule has 0 unspecified atom stereocenters. The molecule has 1 aromatic rings. The number of hydrogen-bond acceptors (Lipinski definition) is 2. The molecule has 18 heavy (non-hydrogen) atoms. The minimum Gasteiger partial charge on any atom is -0.370 e. The quantitative estimate of drug-likeness (QED) is 0.797. The van der Waals surface area contributed by atoms with Crippen LogP contribution in [0.4, 0.5) is 5.69 Å². The van der Waals surface area contributed by atoms with Gasteiger partial charge in [-0.05, 0) is 29.2 Å². The van der Waals surface area contributed by atoms with Gasteiger partial charge in [-0.25, -0.2) is 0 Å². The molecule has 0 aliphatic carbocycles. The number of morpholine rings is 1. The van der Waals surface area contributed by atoms with E-state index in [4.69, 9.17) is 4.74 Å². The summed E-state index contributed by atoms with van der Waals surface area (Å²) < 4.78 is 6.22. The molecule has 1 amide bonds. The van der Waals surface area contributed by atoms with Crippen LogP contribution < -0.4 is 4.90 Å². The van der Waals surface area contributed by atoms with Crippen LogP contribution in [0.1, 0.15) is 26.3 Å². The number of carbonyl (C=O) groups is 1. The van der Waals surface area contributed by atoms with Crippen molar-refractivity contribution < 1.29 is 9.53 Å². The molecular weight excluding hydrogens is 294 g/mol. The molecule has 1 aromatic carbocycles. The summed E-state index contributed by atoms with van der Waals surface area (Å²) in [5.41, 5.74) is 2.17. The second-order valence-corrected chi connectivity index (χ2v) is 6.43. The predicted octanol–water partition coefficient (Wildman–Crippen LogP) is 3.11. The smallest absolute Gasteiger partial charge is 0.253 e. The van der Waals surface area contributed by atoms with E-state index in [1.54, 1.807) is 0 Å². The average Bonchev–Trinajstić information content (AvgIpc) is 2.29. The predicted molar refractivity (Wildman–Crippen MR) is 76.0 cm³/mol. The molecule has 0 bridgehead atoms. The van der Waals surface area contributed by atoms with Crippen LogP contribution in [0.25, 0.3) is 0 Å². The lowest BCUT2D eigenvalue weighted by molar-refractivity contribution is -0.125. The molecule has 1 aliphatic heterocycles. The molecule has 0 atom stereocenters. The lowest BCUT2D eigenvalue weighted by Crippen LogP contribution is -2.42. The minimum atomic E-state index is -0.00228. The molecule has 2 rings (SSSR count). The van der Waals surface area contributed by atoms with E-state index in [1.807, 2.05) is 17.0 Å². The molecule has 0 N–H and O–H groups in total. The van der Waals surface area contributed by atoms with Crippen LogP contribution in [-0.4, -0.2) is 25.7 Å². The number of hydrogen-bond donors (Lipinski definition) is 0. The standard InChI is InChI=1S/C14H18BrNO2/c1-14(2,3)11-8-10(15)4-5-12(11)16-6-7-18-9-13(16)17/h4-5,8H,6-7,9H2,1-3H3. The summed E-state index contributed by atoms with van der Waals surface area (Å²) in [5.74, 6) is 0.0362. The molecule has 0 saturated carbocycles.